The quantitative estimate of drug-likeness (QED) is 0.872. The lowest BCUT2D eigenvalue weighted by molar-refractivity contribution is -0.131. The Morgan fingerprint density at radius 2 is 2.40 bits per heavy atom. The number of aliphatic hydroxyl groups is 1. The standard InChI is InChI=1S/C13H15N3O3S/c1-13(19)3-4-15(7-13)10(17)6-16-8-14-11-9(12(16)18)2-5-20-11/h2,5,8,19H,3-4,6-7H2,1H3. The summed E-state index contributed by atoms with van der Waals surface area (Å²) in [6.07, 6.45) is 1.97. The lowest BCUT2D eigenvalue weighted by atomic mass is 10.1. The van der Waals surface area contributed by atoms with Crippen LogP contribution in [0.4, 0.5) is 0 Å². The summed E-state index contributed by atoms with van der Waals surface area (Å²) < 4.78 is 1.32. The van der Waals surface area contributed by atoms with Crippen molar-refractivity contribution in [3.8, 4) is 0 Å². The van der Waals surface area contributed by atoms with E-state index in [0.29, 0.717) is 29.7 Å². The molecule has 6 nitrogen and oxygen atoms in total. The molecule has 0 bridgehead atoms. The third-order valence-electron chi connectivity index (χ3n) is 3.56. The Morgan fingerprint density at radius 3 is 3.10 bits per heavy atom. The zero-order valence-corrected chi connectivity index (χ0v) is 11.9. The SMILES string of the molecule is CC1(O)CCN(C(=O)Cn2cnc3sccc3c2=O)C1. The van der Waals surface area contributed by atoms with Crippen molar-refractivity contribution in [3.63, 3.8) is 0 Å². The molecular weight excluding hydrogens is 278 g/mol. The number of carbonyl (C=O) groups excluding carboxylic acids is 1. The van der Waals surface area contributed by atoms with E-state index in [1.54, 1.807) is 17.9 Å². The van der Waals surface area contributed by atoms with Crippen LogP contribution in [0.3, 0.4) is 0 Å². The lowest BCUT2D eigenvalue weighted by Gasteiger charge is -2.19. The van der Waals surface area contributed by atoms with E-state index >= 15 is 0 Å². The van der Waals surface area contributed by atoms with Gasteiger partial charge in [0.25, 0.3) is 5.56 Å². The summed E-state index contributed by atoms with van der Waals surface area (Å²) in [4.78, 5) is 30.8. The molecule has 1 unspecified atom stereocenters. The van der Waals surface area contributed by atoms with Crippen molar-refractivity contribution in [2.45, 2.75) is 25.5 Å². The number of fused-ring (bicyclic) bond motifs is 1. The van der Waals surface area contributed by atoms with Gasteiger partial charge >= 0.3 is 0 Å². The number of thiophene rings is 1. The second-order valence-electron chi connectivity index (χ2n) is 5.38. The van der Waals surface area contributed by atoms with Crippen molar-refractivity contribution in [3.05, 3.63) is 28.1 Å². The van der Waals surface area contributed by atoms with E-state index in [4.69, 9.17) is 0 Å². The minimum absolute atomic E-state index is 0.0340. The summed E-state index contributed by atoms with van der Waals surface area (Å²) in [5.41, 5.74) is -1.02. The molecule has 1 N–H and O–H groups in total. The molecule has 7 heteroatoms. The number of hydrogen-bond donors (Lipinski definition) is 1. The van der Waals surface area contributed by atoms with Gasteiger partial charge in [0.2, 0.25) is 5.91 Å². The summed E-state index contributed by atoms with van der Waals surface area (Å²) in [6, 6.07) is 1.72. The highest BCUT2D eigenvalue weighted by atomic mass is 32.1. The zero-order valence-electron chi connectivity index (χ0n) is 11.1. The van der Waals surface area contributed by atoms with Crippen molar-refractivity contribution in [2.24, 2.45) is 0 Å². The van der Waals surface area contributed by atoms with Gasteiger partial charge in [-0.3, -0.25) is 14.2 Å². The van der Waals surface area contributed by atoms with Gasteiger partial charge in [-0.25, -0.2) is 4.98 Å². The van der Waals surface area contributed by atoms with E-state index < -0.39 is 5.60 Å². The molecule has 106 valence electrons. The van der Waals surface area contributed by atoms with E-state index in [1.807, 2.05) is 5.38 Å². The summed E-state index contributed by atoms with van der Waals surface area (Å²) in [6.45, 7) is 2.52. The molecule has 0 spiro atoms. The molecule has 20 heavy (non-hydrogen) atoms. The van der Waals surface area contributed by atoms with Gasteiger partial charge in [0, 0.05) is 13.1 Å². The molecule has 1 aliphatic rings. The minimum atomic E-state index is -0.823. The van der Waals surface area contributed by atoms with E-state index in [2.05, 4.69) is 4.98 Å². The molecule has 1 fully saturated rings. The molecule has 0 aliphatic carbocycles. The van der Waals surface area contributed by atoms with Gasteiger partial charge in [0.05, 0.1) is 17.3 Å². The molecule has 1 aliphatic heterocycles. The van der Waals surface area contributed by atoms with Crippen LogP contribution in [0.1, 0.15) is 13.3 Å². The van der Waals surface area contributed by atoms with Gasteiger partial charge in [0.15, 0.2) is 0 Å². The van der Waals surface area contributed by atoms with E-state index in [0.717, 1.165) is 0 Å². The van der Waals surface area contributed by atoms with Gasteiger partial charge < -0.3 is 10.0 Å². The third kappa shape index (κ3) is 2.34. The number of β-amino-alcohol motifs (C(OH)–C–C–N with tert-alkyl or cyclic N) is 1. The number of carbonyl (C=O) groups is 1. The molecule has 0 aromatic carbocycles. The van der Waals surface area contributed by atoms with Crippen LogP contribution in [0.5, 0.6) is 0 Å². The fourth-order valence-electron chi connectivity index (χ4n) is 2.41. The second kappa shape index (κ2) is 4.68. The van der Waals surface area contributed by atoms with E-state index in [-0.39, 0.29) is 18.0 Å². The van der Waals surface area contributed by atoms with Gasteiger partial charge in [-0.05, 0) is 24.8 Å². The summed E-state index contributed by atoms with van der Waals surface area (Å²) in [5, 5.41) is 12.2. The van der Waals surface area contributed by atoms with Crippen LogP contribution in [0.2, 0.25) is 0 Å². The summed E-state index contributed by atoms with van der Waals surface area (Å²) in [5.74, 6) is -0.166. The molecule has 1 amide bonds. The third-order valence-corrected chi connectivity index (χ3v) is 4.38. The first-order chi connectivity index (χ1) is 9.46. The van der Waals surface area contributed by atoms with Crippen molar-refractivity contribution < 1.29 is 9.90 Å². The largest absolute Gasteiger partial charge is 0.388 e. The Morgan fingerprint density at radius 1 is 1.60 bits per heavy atom. The molecule has 1 atom stereocenters. The van der Waals surface area contributed by atoms with Crippen molar-refractivity contribution in [2.75, 3.05) is 13.1 Å². The van der Waals surface area contributed by atoms with Crippen LogP contribution in [0, 0.1) is 0 Å². The molecule has 2 aromatic heterocycles. The Labute approximate surface area is 119 Å². The van der Waals surface area contributed by atoms with E-state index in [9.17, 15) is 14.7 Å². The fourth-order valence-corrected chi connectivity index (χ4v) is 3.13. The Kier molecular flexibility index (Phi) is 3.10. The van der Waals surface area contributed by atoms with Crippen LogP contribution >= 0.6 is 11.3 Å². The van der Waals surface area contributed by atoms with Crippen LogP contribution < -0.4 is 5.56 Å². The highest BCUT2D eigenvalue weighted by Crippen LogP contribution is 2.20. The minimum Gasteiger partial charge on any atom is -0.388 e. The number of nitrogens with zero attached hydrogens (tertiary/aromatic N) is 3. The first-order valence-corrected chi connectivity index (χ1v) is 7.27. The molecule has 0 radical (unpaired) electrons. The highest BCUT2D eigenvalue weighted by molar-refractivity contribution is 7.16. The van der Waals surface area contributed by atoms with Crippen LogP contribution in [0.15, 0.2) is 22.6 Å². The molecule has 0 saturated carbocycles. The predicted octanol–water partition coefficient (Wildman–Crippen LogP) is 0.441. The van der Waals surface area contributed by atoms with Crippen molar-refractivity contribution in [1.29, 1.82) is 0 Å². The number of rotatable bonds is 2. The topological polar surface area (TPSA) is 75.4 Å². The highest BCUT2D eigenvalue weighted by Gasteiger charge is 2.33. The Bertz CT molecular complexity index is 719. The number of hydrogen-bond acceptors (Lipinski definition) is 5. The second-order valence-corrected chi connectivity index (χ2v) is 6.27. The number of aromatic nitrogens is 2. The van der Waals surface area contributed by atoms with Crippen molar-refractivity contribution >= 4 is 27.5 Å². The average molecular weight is 293 g/mol. The van der Waals surface area contributed by atoms with Gasteiger partial charge in [-0.2, -0.15) is 0 Å². The predicted molar refractivity (Wildman–Crippen MR) is 75.7 cm³/mol. The fraction of sp³-hybridized carbons (Fsp3) is 0.462. The van der Waals surface area contributed by atoms with Crippen LogP contribution in [-0.4, -0.2) is 44.2 Å². The monoisotopic (exact) mass is 293 g/mol. The number of amides is 1. The van der Waals surface area contributed by atoms with Crippen LogP contribution in [0.25, 0.3) is 10.2 Å². The maximum Gasteiger partial charge on any atom is 0.262 e. The van der Waals surface area contributed by atoms with Crippen molar-refractivity contribution in [1.82, 2.24) is 14.5 Å². The van der Waals surface area contributed by atoms with Gasteiger partial charge in [-0.15, -0.1) is 11.3 Å². The zero-order chi connectivity index (χ0) is 14.3. The molecule has 3 heterocycles. The Hall–Kier alpha value is -1.73. The van der Waals surface area contributed by atoms with Gasteiger partial charge in [0.1, 0.15) is 11.4 Å². The maximum atomic E-state index is 12.2. The molecular formula is C13H15N3O3S. The normalized spacial score (nSPS) is 22.6. The number of likely N-dealkylation sites (tertiary alicyclic amines) is 1. The molecule has 2 aromatic rings. The average Bonchev–Trinajstić information content (AvgIpc) is 2.99. The summed E-state index contributed by atoms with van der Waals surface area (Å²) in [7, 11) is 0. The molecule has 3 rings (SSSR count). The van der Waals surface area contributed by atoms with Gasteiger partial charge in [-0.1, -0.05) is 0 Å². The summed E-state index contributed by atoms with van der Waals surface area (Å²) >= 11 is 1.40. The maximum absolute atomic E-state index is 12.2. The first-order valence-electron chi connectivity index (χ1n) is 6.39. The van der Waals surface area contributed by atoms with E-state index in [1.165, 1.54) is 22.2 Å². The first kappa shape index (κ1) is 13.3. The lowest BCUT2D eigenvalue weighted by Crippen LogP contribution is -2.37. The molecule has 1 saturated heterocycles. The van der Waals surface area contributed by atoms with Crippen LogP contribution in [-0.2, 0) is 11.3 Å². The smallest absolute Gasteiger partial charge is 0.262 e. The Balaban J connectivity index is 1.81.